The summed E-state index contributed by atoms with van der Waals surface area (Å²) in [6.45, 7) is 4.82. The average Bonchev–Trinajstić information content (AvgIpc) is 3.60. The molecule has 2 fully saturated rings. The van der Waals surface area contributed by atoms with Crippen LogP contribution in [0.3, 0.4) is 0 Å². The van der Waals surface area contributed by atoms with Crippen LogP contribution in [-0.2, 0) is 5.41 Å². The molecule has 1 heterocycles. The molecule has 0 bridgehead atoms. The van der Waals surface area contributed by atoms with Crippen molar-refractivity contribution in [3.8, 4) is 5.75 Å². The number of hydrogen-bond acceptors (Lipinski definition) is 5. The number of hydrogen-bond donors (Lipinski definition) is 2. The Kier molecular flexibility index (Phi) is 5.78. The number of anilines is 1. The highest BCUT2D eigenvalue weighted by atomic mass is 32.2. The van der Waals surface area contributed by atoms with Crippen LogP contribution in [0.15, 0.2) is 59.5 Å². The van der Waals surface area contributed by atoms with Gasteiger partial charge in [-0.15, -0.1) is 0 Å². The van der Waals surface area contributed by atoms with Crippen LogP contribution in [-0.4, -0.2) is 39.8 Å². The predicted molar refractivity (Wildman–Crippen MR) is 127 cm³/mol. The predicted octanol–water partition coefficient (Wildman–Crippen LogP) is 4.73. The van der Waals surface area contributed by atoms with E-state index in [1.165, 1.54) is 10.5 Å². The molecule has 3 aromatic carbocycles. The summed E-state index contributed by atoms with van der Waals surface area (Å²) >= 11 is 1.67. The van der Waals surface area contributed by atoms with Gasteiger partial charge in [-0.05, 0) is 71.5 Å². The van der Waals surface area contributed by atoms with Gasteiger partial charge in [0.2, 0.25) is 0 Å². The molecule has 2 N–H and O–H groups in total. The third-order valence-corrected chi connectivity index (χ3v) is 7.26. The number of rotatable bonds is 7. The van der Waals surface area contributed by atoms with Crippen molar-refractivity contribution in [3.63, 3.8) is 0 Å². The summed E-state index contributed by atoms with van der Waals surface area (Å²) in [5, 5.41) is 5.55. The fourth-order valence-corrected chi connectivity index (χ4v) is 5.37. The average molecular weight is 438 g/mol. The molecule has 2 aliphatic rings. The molecule has 0 aromatic heterocycles. The molecule has 162 valence electrons. The first-order valence-electron chi connectivity index (χ1n) is 10.9. The highest BCUT2D eigenvalue weighted by molar-refractivity contribution is 7.97. The molecule has 31 heavy (non-hydrogen) atoms. The summed E-state index contributed by atoms with van der Waals surface area (Å²) in [5.74, 6) is 0.749. The Balaban J connectivity index is 1.31. The minimum Gasteiger partial charge on any atom is -0.495 e. The number of fused-ring (bicyclic) bond motifs is 1. The molecule has 1 saturated heterocycles. The Morgan fingerprint density at radius 2 is 1.94 bits per heavy atom. The van der Waals surface area contributed by atoms with E-state index in [4.69, 9.17) is 4.74 Å². The summed E-state index contributed by atoms with van der Waals surface area (Å²) in [5.41, 5.74) is 2.50. The zero-order valence-corrected chi connectivity index (χ0v) is 18.6. The number of piperazine rings is 1. The number of benzene rings is 3. The number of nitrogens with zero attached hydrogens (tertiary/aromatic N) is 1. The second-order valence-electron chi connectivity index (χ2n) is 8.45. The van der Waals surface area contributed by atoms with Gasteiger partial charge in [-0.25, -0.2) is 4.39 Å². The molecular weight excluding hydrogens is 409 g/mol. The van der Waals surface area contributed by atoms with Crippen LogP contribution < -0.4 is 19.7 Å². The smallest absolute Gasteiger partial charge is 0.142 e. The second kappa shape index (κ2) is 8.69. The number of halogens is 1. The van der Waals surface area contributed by atoms with Crippen molar-refractivity contribution < 1.29 is 9.13 Å². The highest BCUT2D eigenvalue weighted by Gasteiger charge is 2.44. The molecular formula is C25H28FN3OS. The summed E-state index contributed by atoms with van der Waals surface area (Å²) in [4.78, 5) is 3.56. The Hall–Kier alpha value is -2.28. The monoisotopic (exact) mass is 437 g/mol. The van der Waals surface area contributed by atoms with Crippen LogP contribution in [0.1, 0.15) is 18.4 Å². The standard InChI is InChI=1S/C25H28FN3OS/c1-30-24-8-7-20(16-23(24)29-13-11-27-12-14-29)31-28-17-25(9-10-25)22-4-2-3-18-5-6-19(26)15-21(18)22/h2-8,15-16,27-28H,9-14,17H2,1H3. The molecule has 6 heteroatoms. The van der Waals surface area contributed by atoms with Gasteiger partial charge in [0, 0.05) is 43.0 Å². The lowest BCUT2D eigenvalue weighted by molar-refractivity contribution is 0.412. The second-order valence-corrected chi connectivity index (χ2v) is 9.41. The van der Waals surface area contributed by atoms with Gasteiger partial charge in [0.25, 0.3) is 0 Å². The van der Waals surface area contributed by atoms with Gasteiger partial charge in [0.05, 0.1) is 12.8 Å². The maximum absolute atomic E-state index is 13.9. The van der Waals surface area contributed by atoms with Crippen LogP contribution in [0.4, 0.5) is 10.1 Å². The van der Waals surface area contributed by atoms with Gasteiger partial charge in [0.1, 0.15) is 11.6 Å². The van der Waals surface area contributed by atoms with Gasteiger partial charge in [-0.1, -0.05) is 24.3 Å². The van der Waals surface area contributed by atoms with Crippen LogP contribution in [0, 0.1) is 5.82 Å². The third kappa shape index (κ3) is 4.25. The first-order valence-corrected chi connectivity index (χ1v) is 11.7. The van der Waals surface area contributed by atoms with Crippen LogP contribution >= 0.6 is 11.9 Å². The van der Waals surface area contributed by atoms with Crippen molar-refractivity contribution in [2.75, 3.05) is 44.7 Å². The van der Waals surface area contributed by atoms with E-state index in [2.05, 4.69) is 51.3 Å². The summed E-state index contributed by atoms with van der Waals surface area (Å²) in [6.07, 6.45) is 2.26. The van der Waals surface area contributed by atoms with E-state index in [1.807, 2.05) is 6.07 Å². The van der Waals surface area contributed by atoms with E-state index in [0.717, 1.165) is 67.8 Å². The summed E-state index contributed by atoms with van der Waals surface area (Å²) < 4.78 is 23.1. The first kappa shape index (κ1) is 20.6. The maximum Gasteiger partial charge on any atom is 0.142 e. The number of nitrogens with one attached hydrogen (secondary N) is 2. The summed E-state index contributed by atoms with van der Waals surface area (Å²) in [6, 6.07) is 17.8. The normalized spacial score (nSPS) is 17.7. The van der Waals surface area contributed by atoms with Gasteiger partial charge >= 0.3 is 0 Å². The number of methoxy groups -OCH3 is 1. The minimum absolute atomic E-state index is 0.0914. The van der Waals surface area contributed by atoms with Gasteiger partial charge in [-0.3, -0.25) is 4.72 Å². The molecule has 1 aliphatic heterocycles. The molecule has 3 aromatic rings. The summed E-state index contributed by atoms with van der Waals surface area (Å²) in [7, 11) is 1.73. The molecule has 1 aliphatic carbocycles. The lowest BCUT2D eigenvalue weighted by Crippen LogP contribution is -2.43. The highest BCUT2D eigenvalue weighted by Crippen LogP contribution is 2.50. The zero-order valence-electron chi connectivity index (χ0n) is 17.8. The molecule has 0 radical (unpaired) electrons. The first-order chi connectivity index (χ1) is 15.2. The molecule has 0 spiro atoms. The molecule has 1 saturated carbocycles. The Labute approximate surface area is 187 Å². The quantitative estimate of drug-likeness (QED) is 0.523. The van der Waals surface area contributed by atoms with Crippen LogP contribution in [0.25, 0.3) is 10.8 Å². The van der Waals surface area contributed by atoms with Crippen molar-refractivity contribution >= 4 is 28.4 Å². The van der Waals surface area contributed by atoms with E-state index in [-0.39, 0.29) is 11.2 Å². The van der Waals surface area contributed by atoms with Gasteiger partial charge in [-0.2, -0.15) is 0 Å². The molecule has 0 amide bonds. The van der Waals surface area contributed by atoms with Gasteiger partial charge < -0.3 is 15.0 Å². The Morgan fingerprint density at radius 3 is 2.71 bits per heavy atom. The van der Waals surface area contributed by atoms with E-state index >= 15 is 0 Å². The van der Waals surface area contributed by atoms with E-state index in [1.54, 1.807) is 31.2 Å². The molecule has 0 unspecified atom stereocenters. The molecule has 0 atom stereocenters. The molecule has 5 rings (SSSR count). The third-order valence-electron chi connectivity index (χ3n) is 6.48. The van der Waals surface area contributed by atoms with Crippen LogP contribution in [0.5, 0.6) is 5.75 Å². The van der Waals surface area contributed by atoms with E-state index in [9.17, 15) is 4.39 Å². The minimum atomic E-state index is -0.170. The lowest BCUT2D eigenvalue weighted by atomic mass is 9.91. The van der Waals surface area contributed by atoms with Crippen molar-refractivity contribution in [2.24, 2.45) is 0 Å². The fourth-order valence-electron chi connectivity index (χ4n) is 4.54. The maximum atomic E-state index is 13.9. The van der Waals surface area contributed by atoms with Gasteiger partial charge in [0.15, 0.2) is 0 Å². The largest absolute Gasteiger partial charge is 0.495 e. The Bertz CT molecular complexity index is 1080. The Morgan fingerprint density at radius 1 is 1.10 bits per heavy atom. The van der Waals surface area contributed by atoms with E-state index < -0.39 is 0 Å². The van der Waals surface area contributed by atoms with Crippen molar-refractivity contribution in [1.82, 2.24) is 10.0 Å². The van der Waals surface area contributed by atoms with Crippen molar-refractivity contribution in [1.29, 1.82) is 0 Å². The number of ether oxygens (including phenoxy) is 1. The zero-order chi connectivity index (χ0) is 21.3. The SMILES string of the molecule is COc1ccc(SNCC2(c3cccc4ccc(F)cc34)CC2)cc1N1CCNCC1. The van der Waals surface area contributed by atoms with Crippen LogP contribution in [0.2, 0.25) is 0 Å². The topological polar surface area (TPSA) is 36.5 Å². The van der Waals surface area contributed by atoms with Crippen molar-refractivity contribution in [2.45, 2.75) is 23.2 Å². The van der Waals surface area contributed by atoms with E-state index in [0.29, 0.717) is 0 Å². The molecule has 4 nitrogen and oxygen atoms in total. The fraction of sp³-hybridized carbons (Fsp3) is 0.360. The lowest BCUT2D eigenvalue weighted by Gasteiger charge is -2.30. The van der Waals surface area contributed by atoms with Crippen molar-refractivity contribution in [3.05, 3.63) is 66.0 Å².